The van der Waals surface area contributed by atoms with Gasteiger partial charge in [0.25, 0.3) is 5.91 Å². The number of Topliss-reactive ketones (excluding diaryl/α,β-unsaturated/α-hetero) is 1. The molecule has 6 nitrogen and oxygen atoms in total. The molecule has 160 valence electrons. The lowest BCUT2D eigenvalue weighted by molar-refractivity contribution is -0.126. The number of ketones is 1. The lowest BCUT2D eigenvalue weighted by Crippen LogP contribution is -2.37. The second kappa shape index (κ2) is 8.00. The third kappa shape index (κ3) is 3.34. The molecular weight excluding hydrogens is 472 g/mol. The van der Waals surface area contributed by atoms with E-state index < -0.39 is 24.0 Å². The molecule has 2 fully saturated rings. The number of para-hydroxylation sites is 1. The molecule has 32 heavy (non-hydrogen) atoms. The minimum atomic E-state index is -0.951. The van der Waals surface area contributed by atoms with Gasteiger partial charge in [-0.3, -0.25) is 19.2 Å². The largest absolute Gasteiger partial charge is 0.295 e. The standard InChI is InChI=1S/C25H19BrN2O4/c1-15(29)16-7-6-12-20(14-16)27-24(30)21-22(17-8-5-9-18(26)13-17)28(32-23(21)25(27)31)19-10-3-2-4-11-19/h2-14,21-23H,1H3/t21-,22+,23+/m0/s1. The number of amides is 2. The van der Waals surface area contributed by atoms with Crippen molar-refractivity contribution < 1.29 is 19.2 Å². The van der Waals surface area contributed by atoms with Crippen molar-refractivity contribution in [1.29, 1.82) is 0 Å². The SMILES string of the molecule is CC(=O)c1cccc(N2C(=O)[C@H]3[C@@H](c4cccc(Br)c4)N(c4ccccc4)O[C@H]3C2=O)c1. The maximum atomic E-state index is 13.6. The fourth-order valence-corrected chi connectivity index (χ4v) is 4.78. The monoisotopic (exact) mass is 490 g/mol. The van der Waals surface area contributed by atoms with E-state index in [0.29, 0.717) is 11.3 Å². The summed E-state index contributed by atoms with van der Waals surface area (Å²) in [4.78, 5) is 46.1. The zero-order valence-electron chi connectivity index (χ0n) is 17.1. The molecule has 2 heterocycles. The van der Waals surface area contributed by atoms with Crippen LogP contribution < -0.4 is 9.96 Å². The van der Waals surface area contributed by atoms with E-state index in [-0.39, 0.29) is 11.7 Å². The van der Waals surface area contributed by atoms with Crippen molar-refractivity contribution in [3.8, 4) is 0 Å². The number of fused-ring (bicyclic) bond motifs is 1. The number of carbonyl (C=O) groups excluding carboxylic acids is 3. The highest BCUT2D eigenvalue weighted by Crippen LogP contribution is 2.47. The van der Waals surface area contributed by atoms with Crippen molar-refractivity contribution >= 4 is 44.9 Å². The van der Waals surface area contributed by atoms with Gasteiger partial charge in [0, 0.05) is 10.0 Å². The Morgan fingerprint density at radius 3 is 2.31 bits per heavy atom. The predicted molar refractivity (Wildman–Crippen MR) is 123 cm³/mol. The Hall–Kier alpha value is -3.29. The summed E-state index contributed by atoms with van der Waals surface area (Å²) in [5.74, 6) is -1.63. The van der Waals surface area contributed by atoms with Crippen molar-refractivity contribution in [3.05, 3.63) is 94.5 Å². The summed E-state index contributed by atoms with van der Waals surface area (Å²) in [5, 5.41) is 1.66. The third-order valence-electron chi connectivity index (χ3n) is 5.83. The summed E-state index contributed by atoms with van der Waals surface area (Å²) in [7, 11) is 0. The smallest absolute Gasteiger partial charge is 0.266 e. The van der Waals surface area contributed by atoms with Gasteiger partial charge in [0.15, 0.2) is 11.9 Å². The fraction of sp³-hybridized carbons (Fsp3) is 0.160. The number of hydrogen-bond acceptors (Lipinski definition) is 5. The number of hydrogen-bond donors (Lipinski definition) is 0. The lowest BCUT2D eigenvalue weighted by Gasteiger charge is -2.29. The minimum absolute atomic E-state index is 0.135. The van der Waals surface area contributed by atoms with Crippen LogP contribution in [0.2, 0.25) is 0 Å². The van der Waals surface area contributed by atoms with Gasteiger partial charge in [-0.1, -0.05) is 58.4 Å². The van der Waals surface area contributed by atoms with Gasteiger partial charge in [0.2, 0.25) is 5.91 Å². The molecule has 3 atom stereocenters. The molecule has 2 saturated heterocycles. The summed E-state index contributed by atoms with van der Waals surface area (Å²) in [6, 6.07) is 23.2. The summed E-state index contributed by atoms with van der Waals surface area (Å²) < 4.78 is 0.870. The molecule has 0 unspecified atom stereocenters. The van der Waals surface area contributed by atoms with E-state index in [1.54, 1.807) is 29.3 Å². The first-order valence-corrected chi connectivity index (χ1v) is 11.0. The van der Waals surface area contributed by atoms with E-state index in [1.807, 2.05) is 54.6 Å². The number of rotatable bonds is 4. The Morgan fingerprint density at radius 2 is 1.59 bits per heavy atom. The van der Waals surface area contributed by atoms with E-state index >= 15 is 0 Å². The normalized spacial score (nSPS) is 22.4. The van der Waals surface area contributed by atoms with E-state index in [9.17, 15) is 14.4 Å². The zero-order valence-corrected chi connectivity index (χ0v) is 18.7. The van der Waals surface area contributed by atoms with Gasteiger partial charge in [-0.15, -0.1) is 0 Å². The number of imide groups is 1. The summed E-state index contributed by atoms with van der Waals surface area (Å²) in [6.07, 6.45) is -0.951. The Bertz CT molecular complexity index is 1230. The fourth-order valence-electron chi connectivity index (χ4n) is 4.36. The quantitative estimate of drug-likeness (QED) is 0.391. The van der Waals surface area contributed by atoms with Crippen LogP contribution in [0.5, 0.6) is 0 Å². The van der Waals surface area contributed by atoms with Crippen LogP contribution in [-0.2, 0) is 14.4 Å². The zero-order chi connectivity index (χ0) is 22.4. The molecule has 2 aliphatic heterocycles. The maximum absolute atomic E-state index is 13.6. The Labute approximate surface area is 193 Å². The van der Waals surface area contributed by atoms with Crippen molar-refractivity contribution in [2.45, 2.75) is 19.1 Å². The van der Waals surface area contributed by atoms with Gasteiger partial charge >= 0.3 is 0 Å². The molecule has 7 heteroatoms. The molecule has 0 aliphatic carbocycles. The van der Waals surface area contributed by atoms with Crippen molar-refractivity contribution in [2.24, 2.45) is 5.92 Å². The van der Waals surface area contributed by atoms with Gasteiger partial charge in [0.05, 0.1) is 17.4 Å². The van der Waals surface area contributed by atoms with E-state index in [1.165, 1.54) is 6.92 Å². The Kier molecular flexibility index (Phi) is 5.15. The van der Waals surface area contributed by atoms with Crippen LogP contribution in [0.4, 0.5) is 11.4 Å². The number of anilines is 2. The van der Waals surface area contributed by atoms with Gasteiger partial charge in [-0.25, -0.2) is 9.96 Å². The molecule has 5 rings (SSSR count). The number of halogens is 1. The van der Waals surface area contributed by atoms with Crippen molar-refractivity contribution in [1.82, 2.24) is 0 Å². The molecule has 3 aromatic rings. The molecule has 0 N–H and O–H groups in total. The number of nitrogens with zero attached hydrogens (tertiary/aromatic N) is 2. The highest BCUT2D eigenvalue weighted by atomic mass is 79.9. The van der Waals surface area contributed by atoms with Crippen LogP contribution >= 0.6 is 15.9 Å². The molecule has 3 aromatic carbocycles. The van der Waals surface area contributed by atoms with Crippen LogP contribution in [0, 0.1) is 5.92 Å². The second-order valence-electron chi connectivity index (χ2n) is 7.83. The number of carbonyl (C=O) groups is 3. The Balaban J connectivity index is 1.58. The van der Waals surface area contributed by atoms with Gasteiger partial charge in [-0.2, -0.15) is 0 Å². The Morgan fingerprint density at radius 1 is 0.875 bits per heavy atom. The first-order valence-electron chi connectivity index (χ1n) is 10.2. The number of benzene rings is 3. The van der Waals surface area contributed by atoms with E-state index in [2.05, 4.69) is 15.9 Å². The van der Waals surface area contributed by atoms with Crippen LogP contribution in [0.1, 0.15) is 28.9 Å². The molecule has 2 aliphatic rings. The van der Waals surface area contributed by atoms with E-state index in [4.69, 9.17) is 4.84 Å². The third-order valence-corrected chi connectivity index (χ3v) is 6.32. The summed E-state index contributed by atoms with van der Waals surface area (Å²) in [5.41, 5.74) is 2.44. The van der Waals surface area contributed by atoms with Crippen LogP contribution in [0.25, 0.3) is 0 Å². The highest BCUT2D eigenvalue weighted by Gasteiger charge is 2.60. The molecule has 0 spiro atoms. The highest BCUT2D eigenvalue weighted by molar-refractivity contribution is 9.10. The average molecular weight is 491 g/mol. The van der Waals surface area contributed by atoms with Crippen molar-refractivity contribution in [3.63, 3.8) is 0 Å². The molecule has 0 saturated carbocycles. The van der Waals surface area contributed by atoms with Crippen LogP contribution in [0.15, 0.2) is 83.3 Å². The van der Waals surface area contributed by atoms with Gasteiger partial charge in [-0.05, 0) is 48.9 Å². The first kappa shape index (κ1) is 20.6. The second-order valence-corrected chi connectivity index (χ2v) is 8.75. The van der Waals surface area contributed by atoms with Crippen LogP contribution in [0.3, 0.4) is 0 Å². The van der Waals surface area contributed by atoms with Crippen LogP contribution in [-0.4, -0.2) is 23.7 Å². The molecule has 0 aromatic heterocycles. The summed E-state index contributed by atoms with van der Waals surface area (Å²) in [6.45, 7) is 1.45. The van der Waals surface area contributed by atoms with Gasteiger partial charge in [0.1, 0.15) is 5.92 Å². The van der Waals surface area contributed by atoms with Crippen molar-refractivity contribution in [2.75, 3.05) is 9.96 Å². The lowest BCUT2D eigenvalue weighted by atomic mass is 9.90. The maximum Gasteiger partial charge on any atom is 0.266 e. The van der Waals surface area contributed by atoms with Gasteiger partial charge < -0.3 is 0 Å². The molecule has 0 bridgehead atoms. The predicted octanol–water partition coefficient (Wildman–Crippen LogP) is 4.70. The summed E-state index contributed by atoms with van der Waals surface area (Å²) >= 11 is 3.50. The molecular formula is C25H19BrN2O4. The minimum Gasteiger partial charge on any atom is -0.295 e. The van der Waals surface area contributed by atoms with E-state index in [0.717, 1.165) is 20.6 Å². The number of hydroxylamine groups is 1. The molecule has 2 amide bonds. The first-order chi connectivity index (χ1) is 15.5. The topological polar surface area (TPSA) is 66.9 Å². The average Bonchev–Trinajstić information content (AvgIpc) is 3.30. The molecule has 0 radical (unpaired) electrons.